The average Bonchev–Trinajstić information content (AvgIpc) is 2.78. The zero-order chi connectivity index (χ0) is 10.7. The van der Waals surface area contributed by atoms with Crippen molar-refractivity contribution in [3.63, 3.8) is 0 Å². The molecule has 15 heavy (non-hydrogen) atoms. The first kappa shape index (κ1) is 10.7. The standard InChI is InChI=1S/C11H19N3O/c1-9(14-2-4-15-5-3-14)10-6-11(7-12)13-8-10/h6,8-9,13H,2-5,7,12H2,1H3. The number of morpholine rings is 1. The monoisotopic (exact) mass is 209 g/mol. The van der Waals surface area contributed by atoms with Crippen LogP contribution in [0.5, 0.6) is 0 Å². The van der Waals surface area contributed by atoms with Gasteiger partial charge in [-0.05, 0) is 18.6 Å². The van der Waals surface area contributed by atoms with E-state index in [0.717, 1.165) is 32.0 Å². The molecule has 2 rings (SSSR count). The molecule has 1 fully saturated rings. The van der Waals surface area contributed by atoms with E-state index in [1.165, 1.54) is 5.56 Å². The molecule has 84 valence electrons. The second-order valence-electron chi connectivity index (χ2n) is 3.99. The molecule has 2 heterocycles. The number of nitrogens with zero attached hydrogens (tertiary/aromatic N) is 1. The maximum atomic E-state index is 5.58. The van der Waals surface area contributed by atoms with Crippen molar-refractivity contribution in [2.45, 2.75) is 19.5 Å². The van der Waals surface area contributed by atoms with Crippen molar-refractivity contribution in [2.75, 3.05) is 26.3 Å². The third kappa shape index (κ3) is 2.40. The molecule has 1 aromatic heterocycles. The van der Waals surface area contributed by atoms with Gasteiger partial charge in [-0.3, -0.25) is 4.90 Å². The highest BCUT2D eigenvalue weighted by Crippen LogP contribution is 2.21. The molecule has 0 amide bonds. The molecule has 0 aromatic carbocycles. The van der Waals surface area contributed by atoms with Crippen LogP contribution in [0.1, 0.15) is 24.2 Å². The van der Waals surface area contributed by atoms with Gasteiger partial charge in [-0.1, -0.05) is 0 Å². The number of H-pyrrole nitrogens is 1. The molecule has 3 N–H and O–H groups in total. The Morgan fingerprint density at radius 3 is 2.87 bits per heavy atom. The third-order valence-corrected chi connectivity index (χ3v) is 3.06. The lowest BCUT2D eigenvalue weighted by atomic mass is 10.1. The second-order valence-corrected chi connectivity index (χ2v) is 3.99. The summed E-state index contributed by atoms with van der Waals surface area (Å²) in [6, 6.07) is 2.60. The van der Waals surface area contributed by atoms with E-state index in [0.29, 0.717) is 12.6 Å². The summed E-state index contributed by atoms with van der Waals surface area (Å²) >= 11 is 0. The third-order valence-electron chi connectivity index (χ3n) is 3.06. The largest absolute Gasteiger partial charge is 0.379 e. The predicted octanol–water partition coefficient (Wildman–Crippen LogP) is 0.867. The van der Waals surface area contributed by atoms with Crippen LogP contribution in [0.3, 0.4) is 0 Å². The first-order valence-corrected chi connectivity index (χ1v) is 5.50. The Hall–Kier alpha value is -0.840. The minimum Gasteiger partial charge on any atom is -0.379 e. The fourth-order valence-corrected chi connectivity index (χ4v) is 2.00. The molecule has 1 aliphatic heterocycles. The molecule has 0 radical (unpaired) electrons. The minimum absolute atomic E-state index is 0.449. The van der Waals surface area contributed by atoms with Crippen molar-refractivity contribution < 1.29 is 4.74 Å². The van der Waals surface area contributed by atoms with Gasteiger partial charge in [0, 0.05) is 37.6 Å². The fourth-order valence-electron chi connectivity index (χ4n) is 2.00. The van der Waals surface area contributed by atoms with E-state index in [2.05, 4.69) is 29.1 Å². The Kier molecular flexibility index (Phi) is 3.41. The number of aromatic amines is 1. The van der Waals surface area contributed by atoms with E-state index in [9.17, 15) is 0 Å². The van der Waals surface area contributed by atoms with Gasteiger partial charge in [0.2, 0.25) is 0 Å². The van der Waals surface area contributed by atoms with Crippen LogP contribution in [0.15, 0.2) is 12.3 Å². The highest BCUT2D eigenvalue weighted by atomic mass is 16.5. The normalized spacial score (nSPS) is 20.4. The van der Waals surface area contributed by atoms with Crippen molar-refractivity contribution >= 4 is 0 Å². The molecule has 1 atom stereocenters. The molecular weight excluding hydrogens is 190 g/mol. The summed E-state index contributed by atoms with van der Waals surface area (Å²) in [5.74, 6) is 0. The molecular formula is C11H19N3O. The molecule has 0 saturated carbocycles. The quantitative estimate of drug-likeness (QED) is 0.776. The number of nitrogens with two attached hydrogens (primary N) is 1. The first-order valence-electron chi connectivity index (χ1n) is 5.50. The van der Waals surface area contributed by atoms with Crippen LogP contribution in [0.25, 0.3) is 0 Å². The zero-order valence-corrected chi connectivity index (χ0v) is 9.20. The Morgan fingerprint density at radius 2 is 2.27 bits per heavy atom. The van der Waals surface area contributed by atoms with Gasteiger partial charge in [-0.25, -0.2) is 0 Å². The minimum atomic E-state index is 0.449. The zero-order valence-electron chi connectivity index (χ0n) is 9.20. The number of hydrogen-bond acceptors (Lipinski definition) is 3. The summed E-state index contributed by atoms with van der Waals surface area (Å²) in [6.07, 6.45) is 2.06. The Balaban J connectivity index is 2.02. The van der Waals surface area contributed by atoms with Gasteiger partial charge in [-0.2, -0.15) is 0 Å². The van der Waals surface area contributed by atoms with Crippen molar-refractivity contribution in [3.8, 4) is 0 Å². The van der Waals surface area contributed by atoms with Crippen LogP contribution in [0.4, 0.5) is 0 Å². The smallest absolute Gasteiger partial charge is 0.0594 e. The Bertz CT molecular complexity index is 305. The molecule has 0 spiro atoms. The van der Waals surface area contributed by atoms with E-state index in [-0.39, 0.29) is 0 Å². The lowest BCUT2D eigenvalue weighted by Gasteiger charge is -2.31. The van der Waals surface area contributed by atoms with Gasteiger partial charge in [0.05, 0.1) is 13.2 Å². The average molecular weight is 209 g/mol. The van der Waals surface area contributed by atoms with E-state index < -0.39 is 0 Å². The summed E-state index contributed by atoms with van der Waals surface area (Å²) in [4.78, 5) is 5.63. The van der Waals surface area contributed by atoms with Crippen LogP contribution in [-0.2, 0) is 11.3 Å². The molecule has 4 heteroatoms. The Morgan fingerprint density at radius 1 is 1.53 bits per heavy atom. The lowest BCUT2D eigenvalue weighted by molar-refractivity contribution is 0.0199. The van der Waals surface area contributed by atoms with Crippen LogP contribution in [0, 0.1) is 0 Å². The van der Waals surface area contributed by atoms with E-state index in [1.54, 1.807) is 0 Å². The number of rotatable bonds is 3. The summed E-state index contributed by atoms with van der Waals surface area (Å²) in [5.41, 5.74) is 8.00. The predicted molar refractivity (Wildman–Crippen MR) is 59.5 cm³/mol. The maximum Gasteiger partial charge on any atom is 0.0594 e. The SMILES string of the molecule is CC(c1c[nH]c(CN)c1)N1CCOCC1. The van der Waals surface area contributed by atoms with Crippen LogP contribution in [0.2, 0.25) is 0 Å². The number of ether oxygens (including phenoxy) is 1. The van der Waals surface area contributed by atoms with Gasteiger partial charge in [0.25, 0.3) is 0 Å². The second kappa shape index (κ2) is 4.79. The molecule has 1 aliphatic rings. The Labute approximate surface area is 90.4 Å². The lowest BCUT2D eigenvalue weighted by Crippen LogP contribution is -2.37. The maximum absolute atomic E-state index is 5.58. The highest BCUT2D eigenvalue weighted by Gasteiger charge is 2.18. The van der Waals surface area contributed by atoms with Crippen molar-refractivity contribution in [3.05, 3.63) is 23.5 Å². The highest BCUT2D eigenvalue weighted by molar-refractivity contribution is 5.20. The molecule has 4 nitrogen and oxygen atoms in total. The van der Waals surface area contributed by atoms with Gasteiger partial charge in [0.1, 0.15) is 0 Å². The van der Waals surface area contributed by atoms with Crippen LogP contribution >= 0.6 is 0 Å². The first-order chi connectivity index (χ1) is 7.31. The molecule has 1 unspecified atom stereocenters. The molecule has 0 aliphatic carbocycles. The molecule has 0 bridgehead atoms. The summed E-state index contributed by atoms with van der Waals surface area (Å²) in [7, 11) is 0. The summed E-state index contributed by atoms with van der Waals surface area (Å²) in [5, 5.41) is 0. The van der Waals surface area contributed by atoms with Gasteiger partial charge < -0.3 is 15.5 Å². The molecule has 1 aromatic rings. The van der Waals surface area contributed by atoms with E-state index in [1.807, 2.05) is 0 Å². The number of aromatic nitrogens is 1. The summed E-state index contributed by atoms with van der Waals surface area (Å²) in [6.45, 7) is 6.54. The van der Waals surface area contributed by atoms with Crippen LogP contribution in [-0.4, -0.2) is 36.2 Å². The van der Waals surface area contributed by atoms with E-state index >= 15 is 0 Å². The van der Waals surface area contributed by atoms with Gasteiger partial charge in [0.15, 0.2) is 0 Å². The van der Waals surface area contributed by atoms with E-state index in [4.69, 9.17) is 10.5 Å². The topological polar surface area (TPSA) is 54.3 Å². The number of nitrogens with one attached hydrogen (secondary N) is 1. The van der Waals surface area contributed by atoms with Crippen molar-refractivity contribution in [1.82, 2.24) is 9.88 Å². The van der Waals surface area contributed by atoms with Crippen molar-refractivity contribution in [2.24, 2.45) is 5.73 Å². The van der Waals surface area contributed by atoms with Crippen molar-refractivity contribution in [1.29, 1.82) is 0 Å². The fraction of sp³-hybridized carbons (Fsp3) is 0.636. The molecule has 1 saturated heterocycles. The van der Waals surface area contributed by atoms with Crippen LogP contribution < -0.4 is 5.73 Å². The number of hydrogen-bond donors (Lipinski definition) is 2. The summed E-state index contributed by atoms with van der Waals surface area (Å²) < 4.78 is 5.34. The van der Waals surface area contributed by atoms with Gasteiger partial charge in [-0.15, -0.1) is 0 Å². The van der Waals surface area contributed by atoms with Gasteiger partial charge >= 0.3 is 0 Å².